The van der Waals surface area contributed by atoms with E-state index in [1.54, 1.807) is 12.1 Å². The Morgan fingerprint density at radius 2 is 1.50 bits per heavy atom. The van der Waals surface area contributed by atoms with Crippen LogP contribution in [0.15, 0.2) is 60.7 Å². The van der Waals surface area contributed by atoms with Gasteiger partial charge in [-0.3, -0.25) is 0 Å². The van der Waals surface area contributed by atoms with Gasteiger partial charge in [-0.25, -0.2) is 4.79 Å². The van der Waals surface area contributed by atoms with Crippen molar-refractivity contribution in [2.75, 3.05) is 48.3 Å². The zero-order chi connectivity index (χ0) is 30.1. The van der Waals surface area contributed by atoms with Crippen LogP contribution in [0.5, 0.6) is 5.75 Å². The topological polar surface area (TPSA) is 136 Å². The number of fused-ring (bicyclic) bond motifs is 1. The molecule has 0 atom stereocenters. The van der Waals surface area contributed by atoms with Crippen molar-refractivity contribution in [3.63, 3.8) is 0 Å². The number of alkyl halides is 3. The molecule has 222 valence electrons. The van der Waals surface area contributed by atoms with Crippen LogP contribution in [0.1, 0.15) is 11.1 Å². The smallest absolute Gasteiger partial charge is 0.490 e. The third kappa shape index (κ3) is 9.08. The number of carbonyl (C=O) groups is 1. The largest absolute Gasteiger partial charge is 0.508 e. The van der Waals surface area contributed by atoms with Crippen LogP contribution in [0.25, 0.3) is 10.8 Å². The number of anilines is 3. The summed E-state index contributed by atoms with van der Waals surface area (Å²) in [5.74, 6) is -0.734. The second-order valence-electron chi connectivity index (χ2n) is 9.35. The molecule has 14 heteroatoms. The summed E-state index contributed by atoms with van der Waals surface area (Å²) < 4.78 is 31.7. The molecule has 0 spiro atoms. The molecule has 0 amide bonds. The molecule has 1 aliphatic rings. The van der Waals surface area contributed by atoms with Crippen LogP contribution in [0.3, 0.4) is 0 Å². The first-order valence-corrected chi connectivity index (χ1v) is 13.4. The zero-order valence-electron chi connectivity index (χ0n) is 22.3. The van der Waals surface area contributed by atoms with E-state index in [0.29, 0.717) is 30.9 Å². The standard InChI is InChI=1S/C26H28ClN7O.C2HF3O2/c27-22-6-5-20-15-19(1-4-21(20)16-22)17-30-25-31-24(29-10-9-18-2-7-23(35)8-3-18)32-26(33-25)34-13-11-28-12-14-34;3-2(4,5)1(6)7/h1-8,15-16,28,35H,9-14,17H2,(H2,29,30,31,32,33);(H,6,7). The van der Waals surface area contributed by atoms with Gasteiger partial charge in [0.25, 0.3) is 0 Å². The molecule has 1 aliphatic heterocycles. The Morgan fingerprint density at radius 1 is 0.905 bits per heavy atom. The minimum atomic E-state index is -5.08. The number of rotatable bonds is 8. The van der Waals surface area contributed by atoms with Crippen molar-refractivity contribution >= 4 is 46.2 Å². The van der Waals surface area contributed by atoms with Crippen molar-refractivity contribution < 1.29 is 28.2 Å². The Labute approximate surface area is 244 Å². The first-order chi connectivity index (χ1) is 20.1. The van der Waals surface area contributed by atoms with Crippen LogP contribution in [0.2, 0.25) is 5.02 Å². The fraction of sp³-hybridized carbons (Fsp3) is 0.286. The van der Waals surface area contributed by atoms with E-state index in [-0.39, 0.29) is 5.75 Å². The number of aromatic nitrogens is 3. The number of carboxylic acid groups (broad SMARTS) is 1. The second-order valence-corrected chi connectivity index (χ2v) is 9.78. The number of aromatic hydroxyl groups is 1. The van der Waals surface area contributed by atoms with Crippen molar-refractivity contribution in [3.05, 3.63) is 76.8 Å². The number of benzene rings is 3. The second kappa shape index (κ2) is 14.0. The Balaban J connectivity index is 0.000000517. The molecule has 1 aromatic heterocycles. The normalized spacial score (nSPS) is 13.3. The van der Waals surface area contributed by atoms with Crippen molar-refractivity contribution in [1.82, 2.24) is 20.3 Å². The predicted molar refractivity (Wildman–Crippen MR) is 155 cm³/mol. The number of hydrogen-bond donors (Lipinski definition) is 5. The number of phenolic OH excluding ortho intramolecular Hbond substituents is 1. The van der Waals surface area contributed by atoms with Crippen LogP contribution in [-0.4, -0.2) is 70.0 Å². The maximum Gasteiger partial charge on any atom is 0.490 e. The summed E-state index contributed by atoms with van der Waals surface area (Å²) >= 11 is 6.11. The lowest BCUT2D eigenvalue weighted by molar-refractivity contribution is -0.192. The van der Waals surface area contributed by atoms with Crippen LogP contribution in [0.4, 0.5) is 31.0 Å². The number of nitrogens with one attached hydrogen (secondary N) is 3. The van der Waals surface area contributed by atoms with Gasteiger partial charge >= 0.3 is 12.1 Å². The van der Waals surface area contributed by atoms with Crippen LogP contribution in [0, 0.1) is 0 Å². The van der Waals surface area contributed by atoms with Gasteiger partial charge in [-0.1, -0.05) is 41.9 Å². The highest BCUT2D eigenvalue weighted by Crippen LogP contribution is 2.22. The van der Waals surface area contributed by atoms with Gasteiger partial charge in [-0.15, -0.1) is 0 Å². The van der Waals surface area contributed by atoms with Gasteiger partial charge in [0.1, 0.15) is 5.75 Å². The Kier molecular flexibility index (Phi) is 10.2. The third-order valence-corrected chi connectivity index (χ3v) is 6.45. The average Bonchev–Trinajstić information content (AvgIpc) is 2.97. The molecule has 10 nitrogen and oxygen atoms in total. The average molecular weight is 604 g/mol. The fourth-order valence-electron chi connectivity index (χ4n) is 4.07. The highest BCUT2D eigenvalue weighted by molar-refractivity contribution is 6.31. The first-order valence-electron chi connectivity index (χ1n) is 13.0. The summed E-state index contributed by atoms with van der Waals surface area (Å²) in [5.41, 5.74) is 2.26. The number of carboxylic acids is 1. The van der Waals surface area contributed by atoms with Gasteiger partial charge < -0.3 is 31.1 Å². The predicted octanol–water partition coefficient (Wildman–Crippen LogP) is 4.69. The van der Waals surface area contributed by atoms with Crippen molar-refractivity contribution in [2.45, 2.75) is 19.1 Å². The van der Waals surface area contributed by atoms with Gasteiger partial charge in [0.15, 0.2) is 0 Å². The molecule has 0 aliphatic carbocycles. The van der Waals surface area contributed by atoms with Crippen molar-refractivity contribution in [2.24, 2.45) is 0 Å². The lowest BCUT2D eigenvalue weighted by Crippen LogP contribution is -2.44. The van der Waals surface area contributed by atoms with Crippen LogP contribution < -0.4 is 20.9 Å². The van der Waals surface area contributed by atoms with Gasteiger partial charge in [-0.2, -0.15) is 28.1 Å². The SMILES string of the molecule is O=C(O)C(F)(F)F.Oc1ccc(CCNc2nc(NCc3ccc4cc(Cl)ccc4c3)nc(N3CCNCC3)n2)cc1. The van der Waals surface area contributed by atoms with Crippen molar-refractivity contribution in [1.29, 1.82) is 0 Å². The first kappa shape index (κ1) is 30.6. The van der Waals surface area contributed by atoms with E-state index in [9.17, 15) is 18.3 Å². The Hall–Kier alpha value is -4.36. The maximum atomic E-state index is 10.6. The maximum absolute atomic E-state index is 10.6. The highest BCUT2D eigenvalue weighted by Gasteiger charge is 2.38. The molecule has 0 radical (unpaired) electrons. The molecule has 5 N–H and O–H groups in total. The quantitative estimate of drug-likeness (QED) is 0.193. The molecule has 1 fully saturated rings. The molecule has 0 saturated carbocycles. The highest BCUT2D eigenvalue weighted by atomic mass is 35.5. The number of piperazine rings is 1. The van der Waals surface area contributed by atoms with E-state index in [1.165, 1.54) is 0 Å². The van der Waals surface area contributed by atoms with Gasteiger partial charge in [0, 0.05) is 44.3 Å². The van der Waals surface area contributed by atoms with E-state index in [0.717, 1.165) is 59.5 Å². The minimum absolute atomic E-state index is 0.269. The molecule has 1 saturated heterocycles. The lowest BCUT2D eigenvalue weighted by Gasteiger charge is -2.27. The summed E-state index contributed by atoms with van der Waals surface area (Å²) in [7, 11) is 0. The van der Waals surface area contributed by atoms with Gasteiger partial charge in [-0.05, 0) is 58.7 Å². The summed E-state index contributed by atoms with van der Waals surface area (Å²) in [4.78, 5) is 25.1. The van der Waals surface area contributed by atoms with Gasteiger partial charge in [0.2, 0.25) is 17.8 Å². The fourth-order valence-corrected chi connectivity index (χ4v) is 4.25. The molecule has 5 rings (SSSR count). The minimum Gasteiger partial charge on any atom is -0.508 e. The lowest BCUT2D eigenvalue weighted by atomic mass is 10.1. The molecule has 2 heterocycles. The van der Waals surface area contributed by atoms with E-state index < -0.39 is 12.1 Å². The number of aliphatic carboxylic acids is 1. The summed E-state index contributed by atoms with van der Waals surface area (Å²) in [6.07, 6.45) is -4.29. The molecule has 4 aromatic rings. The zero-order valence-corrected chi connectivity index (χ0v) is 23.1. The molecular formula is C28H29ClF3N7O3. The molecule has 3 aromatic carbocycles. The summed E-state index contributed by atoms with van der Waals surface area (Å²) in [6, 6.07) is 19.4. The van der Waals surface area contributed by atoms with Crippen molar-refractivity contribution in [3.8, 4) is 5.75 Å². The van der Waals surface area contributed by atoms with E-state index >= 15 is 0 Å². The molecule has 42 heavy (non-hydrogen) atoms. The van der Waals surface area contributed by atoms with Crippen LogP contribution in [-0.2, 0) is 17.8 Å². The molecular weight excluding hydrogens is 575 g/mol. The molecule has 0 unspecified atom stereocenters. The van der Waals surface area contributed by atoms with Gasteiger partial charge in [0.05, 0.1) is 0 Å². The van der Waals surface area contributed by atoms with E-state index in [1.807, 2.05) is 30.3 Å². The summed E-state index contributed by atoms with van der Waals surface area (Å²) in [6.45, 7) is 4.77. The van der Waals surface area contributed by atoms with Crippen LogP contribution >= 0.6 is 11.6 Å². The third-order valence-electron chi connectivity index (χ3n) is 6.22. The Morgan fingerprint density at radius 3 is 2.17 bits per heavy atom. The monoisotopic (exact) mass is 603 g/mol. The summed E-state index contributed by atoms with van der Waals surface area (Å²) in [5, 5.41) is 29.7. The Bertz CT molecular complexity index is 1500. The number of phenols is 1. The molecule has 0 bridgehead atoms. The van der Waals surface area contributed by atoms with E-state index in [4.69, 9.17) is 26.5 Å². The van der Waals surface area contributed by atoms with E-state index in [2.05, 4.69) is 49.0 Å². The number of hydrogen-bond acceptors (Lipinski definition) is 9. The number of nitrogens with zero attached hydrogens (tertiary/aromatic N) is 4. The number of halogens is 4.